The Hall–Kier alpha value is -2.61. The highest BCUT2D eigenvalue weighted by Gasteiger charge is 2.34. The van der Waals surface area contributed by atoms with Gasteiger partial charge in [-0.25, -0.2) is 0 Å². The number of amides is 1. The Balaban J connectivity index is 1.57. The van der Waals surface area contributed by atoms with Crippen LogP contribution in [0, 0.1) is 11.3 Å². The minimum atomic E-state index is -0.0716. The van der Waals surface area contributed by atoms with Crippen LogP contribution in [-0.2, 0) is 11.2 Å². The summed E-state index contributed by atoms with van der Waals surface area (Å²) in [6.45, 7) is 7.44. The molecule has 1 saturated carbocycles. The zero-order valence-corrected chi connectivity index (χ0v) is 17.0. The van der Waals surface area contributed by atoms with E-state index in [-0.39, 0.29) is 5.91 Å². The molecule has 5 heteroatoms. The second-order valence-electron chi connectivity index (χ2n) is 8.23. The van der Waals surface area contributed by atoms with Gasteiger partial charge < -0.3 is 9.84 Å². The van der Waals surface area contributed by atoms with Gasteiger partial charge in [-0.05, 0) is 48.8 Å². The molecule has 1 aromatic rings. The smallest absolute Gasteiger partial charge is 0.266 e. The topological polar surface area (TPSA) is 68.0 Å². The van der Waals surface area contributed by atoms with E-state index in [1.54, 1.807) is 12.2 Å². The van der Waals surface area contributed by atoms with Crippen molar-refractivity contribution in [3.63, 3.8) is 0 Å². The minimum absolute atomic E-state index is 0.0716. The first-order valence-electron chi connectivity index (χ1n) is 10.2. The summed E-state index contributed by atoms with van der Waals surface area (Å²) in [5.41, 5.74) is 7.88. The van der Waals surface area contributed by atoms with Crippen molar-refractivity contribution in [1.82, 2.24) is 15.5 Å². The van der Waals surface area contributed by atoms with Gasteiger partial charge in [0.25, 0.3) is 5.89 Å². The van der Waals surface area contributed by atoms with Crippen molar-refractivity contribution in [2.45, 2.75) is 59.3 Å². The van der Waals surface area contributed by atoms with Crippen LogP contribution in [0.4, 0.5) is 0 Å². The molecule has 148 valence electrons. The van der Waals surface area contributed by atoms with Crippen LogP contribution >= 0.6 is 0 Å². The number of carbonyl (C=O) groups excluding carboxylic acids is 1. The van der Waals surface area contributed by atoms with E-state index < -0.39 is 0 Å². The second kappa shape index (κ2) is 9.05. The van der Waals surface area contributed by atoms with Gasteiger partial charge in [0.15, 0.2) is 5.82 Å². The van der Waals surface area contributed by atoms with Gasteiger partial charge >= 0.3 is 0 Å². The maximum absolute atomic E-state index is 12.1. The van der Waals surface area contributed by atoms with Gasteiger partial charge in [0.05, 0.1) is 5.57 Å². The summed E-state index contributed by atoms with van der Waals surface area (Å²) < 4.78 is 5.29. The molecule has 0 bridgehead atoms. The van der Waals surface area contributed by atoms with Crippen LogP contribution in [0.25, 0.3) is 5.57 Å². The Morgan fingerprint density at radius 2 is 2.25 bits per heavy atom. The molecule has 2 aliphatic carbocycles. The first-order valence-corrected chi connectivity index (χ1v) is 10.2. The molecule has 1 atom stereocenters. The predicted octanol–water partition coefficient (Wildman–Crippen LogP) is 4.54. The number of nitrogens with one attached hydrogen (secondary N) is 1. The van der Waals surface area contributed by atoms with Crippen molar-refractivity contribution in [3.05, 3.63) is 53.1 Å². The van der Waals surface area contributed by atoms with Crippen molar-refractivity contribution >= 4 is 11.5 Å². The Morgan fingerprint density at radius 3 is 2.93 bits per heavy atom. The van der Waals surface area contributed by atoms with Crippen LogP contribution in [0.2, 0.25) is 0 Å². The molecule has 1 heterocycles. The fourth-order valence-corrected chi connectivity index (χ4v) is 3.64. The van der Waals surface area contributed by atoms with Crippen LogP contribution in [0.1, 0.15) is 64.6 Å². The van der Waals surface area contributed by atoms with E-state index in [9.17, 15) is 4.79 Å². The molecule has 0 saturated heterocycles. The summed E-state index contributed by atoms with van der Waals surface area (Å²) in [4.78, 5) is 16.5. The highest BCUT2D eigenvalue weighted by Crippen LogP contribution is 2.41. The fraction of sp³-hybridized carbons (Fsp3) is 0.522. The molecule has 1 amide bonds. The van der Waals surface area contributed by atoms with Crippen molar-refractivity contribution in [2.24, 2.45) is 11.3 Å². The highest BCUT2D eigenvalue weighted by atomic mass is 16.5. The van der Waals surface area contributed by atoms with Crippen LogP contribution < -0.4 is 5.32 Å². The van der Waals surface area contributed by atoms with Crippen LogP contribution in [0.5, 0.6) is 0 Å². The Kier molecular flexibility index (Phi) is 6.51. The predicted molar refractivity (Wildman–Crippen MR) is 109 cm³/mol. The quantitative estimate of drug-likeness (QED) is 0.532. The molecular formula is C23H29N3O2. The monoisotopic (exact) mass is 379 g/mol. The van der Waals surface area contributed by atoms with Gasteiger partial charge in [-0.2, -0.15) is 4.98 Å². The Labute approximate surface area is 167 Å². The van der Waals surface area contributed by atoms with Gasteiger partial charge in [-0.3, -0.25) is 4.79 Å². The Bertz CT molecular complexity index is 875. The third-order valence-corrected chi connectivity index (χ3v) is 5.64. The molecule has 28 heavy (non-hydrogen) atoms. The number of aromatic nitrogens is 2. The lowest BCUT2D eigenvalue weighted by molar-refractivity contribution is -0.116. The summed E-state index contributed by atoms with van der Waals surface area (Å²) in [5, 5.41) is 7.01. The maximum atomic E-state index is 12.1. The lowest BCUT2D eigenvalue weighted by atomic mass is 9.82. The number of unbranched alkanes of at least 4 members (excludes halogenated alkanes) is 1. The van der Waals surface area contributed by atoms with E-state index in [4.69, 9.17) is 4.52 Å². The molecule has 1 N–H and O–H groups in total. The molecule has 0 aliphatic heterocycles. The number of allylic oxidation sites excluding steroid dienone is 5. The van der Waals surface area contributed by atoms with Gasteiger partial charge in [0, 0.05) is 24.6 Å². The normalized spacial score (nSPS) is 20.5. The zero-order chi connectivity index (χ0) is 20.0. The van der Waals surface area contributed by atoms with Crippen molar-refractivity contribution in [3.8, 4) is 0 Å². The van der Waals surface area contributed by atoms with E-state index in [1.807, 2.05) is 12.2 Å². The summed E-state index contributed by atoms with van der Waals surface area (Å²) in [6.07, 6.45) is 13.6. The number of carbonyl (C=O) groups is 1. The summed E-state index contributed by atoms with van der Waals surface area (Å²) >= 11 is 0. The first-order chi connectivity index (χ1) is 13.5. The largest absolute Gasteiger partial charge is 0.352 e. The van der Waals surface area contributed by atoms with E-state index in [2.05, 4.69) is 47.7 Å². The fourth-order valence-electron chi connectivity index (χ4n) is 3.64. The zero-order valence-electron chi connectivity index (χ0n) is 17.0. The number of nitrogens with zero attached hydrogens (tertiary/aromatic N) is 2. The Morgan fingerprint density at radius 1 is 1.39 bits per heavy atom. The van der Waals surface area contributed by atoms with Gasteiger partial charge in [0.2, 0.25) is 5.91 Å². The van der Waals surface area contributed by atoms with E-state index >= 15 is 0 Å². The average molecular weight is 380 g/mol. The molecule has 3 rings (SSSR count). The molecule has 1 aromatic heterocycles. The lowest BCUT2D eigenvalue weighted by Crippen LogP contribution is -2.32. The molecule has 0 aromatic carbocycles. The van der Waals surface area contributed by atoms with E-state index in [0.29, 0.717) is 22.8 Å². The third kappa shape index (κ3) is 5.22. The van der Waals surface area contributed by atoms with Crippen molar-refractivity contribution in [2.75, 3.05) is 6.54 Å². The lowest BCUT2D eigenvalue weighted by Gasteiger charge is -2.26. The molecule has 1 unspecified atom stereocenters. The molecule has 0 spiro atoms. The number of aryl methyl sites for hydroxylation is 1. The van der Waals surface area contributed by atoms with Crippen LogP contribution in [0.3, 0.4) is 0 Å². The highest BCUT2D eigenvalue weighted by molar-refractivity contribution is 5.88. The van der Waals surface area contributed by atoms with E-state index in [1.165, 1.54) is 19.3 Å². The summed E-state index contributed by atoms with van der Waals surface area (Å²) in [5.74, 6) is 1.66. The number of hydrogen-bond donors (Lipinski definition) is 1. The molecule has 1 fully saturated rings. The van der Waals surface area contributed by atoms with Gasteiger partial charge in [-0.15, -0.1) is 0 Å². The first kappa shape index (κ1) is 20.1. The maximum Gasteiger partial charge on any atom is 0.266 e. The van der Waals surface area contributed by atoms with Crippen LogP contribution in [0.15, 0.2) is 45.9 Å². The second-order valence-corrected chi connectivity index (χ2v) is 8.23. The number of rotatable bonds is 8. The van der Waals surface area contributed by atoms with E-state index in [0.717, 1.165) is 37.2 Å². The minimum Gasteiger partial charge on any atom is -0.352 e. The summed E-state index contributed by atoms with van der Waals surface area (Å²) in [6, 6.07) is 0. The van der Waals surface area contributed by atoms with Crippen LogP contribution in [-0.4, -0.2) is 22.6 Å². The molecular weight excluding hydrogens is 350 g/mol. The van der Waals surface area contributed by atoms with Gasteiger partial charge in [-0.1, -0.05) is 50.2 Å². The SMILES string of the molecule is CCCCc1noc(C2=C=C=C(/C=C/C(=O)NCC3CCCC3(C)C)C=C2)n1. The molecule has 5 nitrogen and oxygen atoms in total. The van der Waals surface area contributed by atoms with Crippen molar-refractivity contribution < 1.29 is 9.32 Å². The average Bonchev–Trinajstić information content (AvgIpc) is 3.29. The van der Waals surface area contributed by atoms with Crippen molar-refractivity contribution in [1.29, 1.82) is 0 Å². The number of hydrogen-bond acceptors (Lipinski definition) is 4. The standard InChI is InChI=1S/C23H29N3O2/c1-4-5-8-20-25-22(28-26-20)18-12-9-17(10-13-18)11-14-21(27)24-16-19-7-6-15-23(19,2)3/h9,11-12,14,19H,4-8,15-16H2,1-3H3,(H,24,27)/b14-11+. The molecule has 2 aliphatic rings. The summed E-state index contributed by atoms with van der Waals surface area (Å²) in [7, 11) is 0. The van der Waals surface area contributed by atoms with Gasteiger partial charge in [0.1, 0.15) is 0 Å². The third-order valence-electron chi connectivity index (χ3n) is 5.64. The molecule has 0 radical (unpaired) electrons.